The Morgan fingerprint density at radius 2 is 2.00 bits per heavy atom. The first-order valence-electron chi connectivity index (χ1n) is 10.6. The molecule has 4 heterocycles. The number of aromatic nitrogens is 3. The van der Waals surface area contributed by atoms with Crippen LogP contribution in [0.3, 0.4) is 0 Å². The topological polar surface area (TPSA) is 92.3 Å². The minimum absolute atomic E-state index is 0.0289. The fourth-order valence-electron chi connectivity index (χ4n) is 4.14. The first-order chi connectivity index (χ1) is 14.7. The number of pyridine rings is 1. The van der Waals surface area contributed by atoms with Crippen molar-refractivity contribution in [2.75, 3.05) is 18.4 Å². The standard InChI is InChI=1S/C23H29N5O3/c1-23(2,3)31-22(30)26-16-12-19(27(4)14-16)21(29)28-10-7-15(8-11-28)18-13-25-20-17(18)6-5-9-24-20/h5-6,9,12-15H,7-8,10-11H2,1-4H3,(H,24,25)(H,26,30). The number of amides is 2. The molecule has 0 bridgehead atoms. The molecule has 0 aliphatic carbocycles. The Kier molecular flexibility index (Phi) is 5.47. The summed E-state index contributed by atoms with van der Waals surface area (Å²) in [6, 6.07) is 5.75. The summed E-state index contributed by atoms with van der Waals surface area (Å²) >= 11 is 0. The van der Waals surface area contributed by atoms with Crippen LogP contribution in [-0.4, -0.2) is 50.1 Å². The molecule has 0 saturated carbocycles. The number of hydrogen-bond donors (Lipinski definition) is 2. The number of anilines is 1. The summed E-state index contributed by atoms with van der Waals surface area (Å²) in [5.74, 6) is 0.374. The number of hydrogen-bond acceptors (Lipinski definition) is 4. The van der Waals surface area contributed by atoms with Crippen LogP contribution in [0.2, 0.25) is 0 Å². The van der Waals surface area contributed by atoms with E-state index < -0.39 is 11.7 Å². The molecule has 2 amide bonds. The van der Waals surface area contributed by atoms with Gasteiger partial charge in [-0.15, -0.1) is 0 Å². The molecule has 1 aliphatic heterocycles. The van der Waals surface area contributed by atoms with Crippen molar-refractivity contribution in [3.63, 3.8) is 0 Å². The highest BCUT2D eigenvalue weighted by Crippen LogP contribution is 2.33. The number of H-pyrrole nitrogens is 1. The van der Waals surface area contributed by atoms with E-state index in [9.17, 15) is 9.59 Å². The Hall–Kier alpha value is -3.29. The smallest absolute Gasteiger partial charge is 0.412 e. The number of fused-ring (bicyclic) bond motifs is 1. The molecule has 0 atom stereocenters. The van der Waals surface area contributed by atoms with Gasteiger partial charge in [0, 0.05) is 44.1 Å². The summed E-state index contributed by atoms with van der Waals surface area (Å²) in [6.45, 7) is 6.81. The van der Waals surface area contributed by atoms with Gasteiger partial charge in [0.15, 0.2) is 0 Å². The largest absolute Gasteiger partial charge is 0.444 e. The van der Waals surface area contributed by atoms with Crippen molar-refractivity contribution in [2.45, 2.75) is 45.1 Å². The number of aryl methyl sites for hydroxylation is 1. The zero-order valence-corrected chi connectivity index (χ0v) is 18.4. The zero-order valence-electron chi connectivity index (χ0n) is 18.4. The van der Waals surface area contributed by atoms with Crippen LogP contribution < -0.4 is 5.32 Å². The van der Waals surface area contributed by atoms with Crippen molar-refractivity contribution < 1.29 is 14.3 Å². The second kappa shape index (κ2) is 8.09. The zero-order chi connectivity index (χ0) is 22.2. The number of nitrogens with one attached hydrogen (secondary N) is 2. The van der Waals surface area contributed by atoms with E-state index in [1.165, 1.54) is 5.56 Å². The van der Waals surface area contributed by atoms with Gasteiger partial charge < -0.3 is 19.2 Å². The van der Waals surface area contributed by atoms with Crippen LogP contribution in [0.1, 0.15) is 55.6 Å². The molecule has 1 fully saturated rings. The maximum absolute atomic E-state index is 13.1. The van der Waals surface area contributed by atoms with Crippen LogP contribution >= 0.6 is 0 Å². The van der Waals surface area contributed by atoms with Gasteiger partial charge in [0.25, 0.3) is 5.91 Å². The number of ether oxygens (including phenoxy) is 1. The van der Waals surface area contributed by atoms with Crippen LogP contribution in [-0.2, 0) is 11.8 Å². The van der Waals surface area contributed by atoms with Crippen molar-refractivity contribution in [1.29, 1.82) is 0 Å². The summed E-state index contributed by atoms with van der Waals surface area (Å²) in [6.07, 6.45) is 6.83. The van der Waals surface area contributed by atoms with Crippen molar-refractivity contribution in [2.24, 2.45) is 7.05 Å². The maximum atomic E-state index is 13.1. The molecule has 31 heavy (non-hydrogen) atoms. The average molecular weight is 424 g/mol. The second-order valence-corrected chi connectivity index (χ2v) is 9.06. The Bertz CT molecular complexity index is 1100. The Labute approximate surface area is 181 Å². The third-order valence-corrected chi connectivity index (χ3v) is 5.57. The van der Waals surface area contributed by atoms with Gasteiger partial charge in [-0.2, -0.15) is 0 Å². The molecule has 4 rings (SSSR count). The highest BCUT2D eigenvalue weighted by Gasteiger charge is 2.28. The molecule has 0 radical (unpaired) electrons. The van der Waals surface area contributed by atoms with E-state index in [1.807, 2.05) is 37.9 Å². The Morgan fingerprint density at radius 1 is 1.26 bits per heavy atom. The summed E-state index contributed by atoms with van der Waals surface area (Å²) < 4.78 is 7.03. The Balaban J connectivity index is 1.40. The lowest BCUT2D eigenvalue weighted by Crippen LogP contribution is -2.38. The number of likely N-dealkylation sites (tertiary alicyclic amines) is 1. The summed E-state index contributed by atoms with van der Waals surface area (Å²) in [5.41, 5.74) is 2.69. The van der Waals surface area contributed by atoms with Crippen LogP contribution in [0.4, 0.5) is 10.5 Å². The number of aromatic amines is 1. The lowest BCUT2D eigenvalue weighted by Gasteiger charge is -2.32. The minimum Gasteiger partial charge on any atom is -0.444 e. The van der Waals surface area contributed by atoms with Crippen molar-refractivity contribution >= 4 is 28.7 Å². The fraction of sp³-hybridized carbons (Fsp3) is 0.435. The van der Waals surface area contributed by atoms with Gasteiger partial charge in [0.05, 0.1) is 5.69 Å². The van der Waals surface area contributed by atoms with Crippen LogP contribution in [0, 0.1) is 0 Å². The third kappa shape index (κ3) is 4.57. The maximum Gasteiger partial charge on any atom is 0.412 e. The highest BCUT2D eigenvalue weighted by atomic mass is 16.6. The van der Waals surface area contributed by atoms with Gasteiger partial charge in [-0.05, 0) is 63.3 Å². The first kappa shape index (κ1) is 21.0. The highest BCUT2D eigenvalue weighted by molar-refractivity contribution is 5.95. The van der Waals surface area contributed by atoms with E-state index in [4.69, 9.17) is 4.74 Å². The van der Waals surface area contributed by atoms with E-state index >= 15 is 0 Å². The molecular weight excluding hydrogens is 394 g/mol. The van der Waals surface area contributed by atoms with Crippen LogP contribution in [0.15, 0.2) is 36.8 Å². The van der Waals surface area contributed by atoms with Crippen molar-refractivity contribution in [3.8, 4) is 0 Å². The molecule has 1 aliphatic rings. The van der Waals surface area contributed by atoms with Gasteiger partial charge in [-0.3, -0.25) is 10.1 Å². The summed E-state index contributed by atoms with van der Waals surface area (Å²) in [7, 11) is 1.80. The van der Waals surface area contributed by atoms with Gasteiger partial charge in [0.1, 0.15) is 16.9 Å². The van der Waals surface area contributed by atoms with Crippen LogP contribution in [0.25, 0.3) is 11.0 Å². The lowest BCUT2D eigenvalue weighted by atomic mass is 9.89. The molecular formula is C23H29N5O3. The first-order valence-corrected chi connectivity index (χ1v) is 10.6. The Morgan fingerprint density at radius 3 is 2.71 bits per heavy atom. The van der Waals surface area contributed by atoms with E-state index in [0.717, 1.165) is 23.9 Å². The van der Waals surface area contributed by atoms with E-state index in [1.54, 1.807) is 30.1 Å². The average Bonchev–Trinajstić information content (AvgIpc) is 3.29. The molecule has 0 unspecified atom stereocenters. The number of nitrogens with zero attached hydrogens (tertiary/aromatic N) is 3. The number of rotatable bonds is 3. The quantitative estimate of drug-likeness (QED) is 0.658. The summed E-state index contributed by atoms with van der Waals surface area (Å²) in [4.78, 5) is 34.6. The van der Waals surface area contributed by atoms with Gasteiger partial charge in [0.2, 0.25) is 0 Å². The predicted molar refractivity (Wildman–Crippen MR) is 119 cm³/mol. The van der Waals surface area contributed by atoms with E-state index in [-0.39, 0.29) is 5.91 Å². The molecule has 3 aromatic heterocycles. The monoisotopic (exact) mass is 423 g/mol. The normalized spacial score (nSPS) is 15.3. The van der Waals surface area contributed by atoms with Gasteiger partial charge in [-0.1, -0.05) is 0 Å². The van der Waals surface area contributed by atoms with Crippen LogP contribution in [0.5, 0.6) is 0 Å². The number of carbonyl (C=O) groups excluding carboxylic acids is 2. The molecule has 164 valence electrons. The molecule has 2 N–H and O–H groups in total. The molecule has 0 spiro atoms. The molecule has 8 nitrogen and oxygen atoms in total. The molecule has 8 heteroatoms. The van der Waals surface area contributed by atoms with E-state index in [2.05, 4.69) is 21.4 Å². The number of piperidine rings is 1. The minimum atomic E-state index is -0.581. The molecule has 1 saturated heterocycles. The van der Waals surface area contributed by atoms with Gasteiger partial charge in [-0.25, -0.2) is 9.78 Å². The lowest BCUT2D eigenvalue weighted by molar-refractivity contribution is 0.0634. The fourth-order valence-corrected chi connectivity index (χ4v) is 4.14. The second-order valence-electron chi connectivity index (χ2n) is 9.06. The molecule has 3 aromatic rings. The van der Waals surface area contributed by atoms with E-state index in [0.29, 0.717) is 30.4 Å². The van der Waals surface area contributed by atoms with Gasteiger partial charge >= 0.3 is 6.09 Å². The predicted octanol–water partition coefficient (Wildman–Crippen LogP) is 4.27. The van der Waals surface area contributed by atoms with Crippen molar-refractivity contribution in [1.82, 2.24) is 19.4 Å². The SMILES string of the molecule is Cn1cc(NC(=O)OC(C)(C)C)cc1C(=O)N1CCC(c2c[nH]c3ncccc23)CC1. The third-order valence-electron chi connectivity index (χ3n) is 5.57. The molecule has 0 aromatic carbocycles. The summed E-state index contributed by atoms with van der Waals surface area (Å²) in [5, 5.41) is 3.86. The number of carbonyl (C=O) groups is 2. The van der Waals surface area contributed by atoms with Crippen molar-refractivity contribution in [3.05, 3.63) is 48.0 Å².